The van der Waals surface area contributed by atoms with Gasteiger partial charge < -0.3 is 19.3 Å². The molecule has 2 rings (SSSR count). The second-order valence-corrected chi connectivity index (χ2v) is 4.50. The third-order valence-corrected chi connectivity index (χ3v) is 3.03. The summed E-state index contributed by atoms with van der Waals surface area (Å²) in [4.78, 5) is 0. The molecule has 112 valence electrons. The monoisotopic (exact) mass is 288 g/mol. The summed E-state index contributed by atoms with van der Waals surface area (Å²) in [6.45, 7) is 3.08. The van der Waals surface area contributed by atoms with Crippen molar-refractivity contribution in [1.29, 1.82) is 0 Å². The number of phenolic OH excluding ortho intramolecular Hbond substituents is 1. The van der Waals surface area contributed by atoms with Gasteiger partial charge in [-0.05, 0) is 30.7 Å². The van der Waals surface area contributed by atoms with E-state index in [-0.39, 0.29) is 5.75 Å². The van der Waals surface area contributed by atoms with E-state index in [1.807, 2.05) is 31.2 Å². The van der Waals surface area contributed by atoms with Crippen molar-refractivity contribution < 1.29 is 19.3 Å². The Bertz CT molecular complexity index is 581. The predicted octanol–water partition coefficient (Wildman–Crippen LogP) is 3.42. The van der Waals surface area contributed by atoms with E-state index in [9.17, 15) is 5.11 Å². The molecule has 0 spiro atoms. The Hall–Kier alpha value is -2.36. The maximum atomic E-state index is 9.38. The molecule has 0 saturated heterocycles. The van der Waals surface area contributed by atoms with Crippen molar-refractivity contribution in [1.82, 2.24) is 0 Å². The lowest BCUT2D eigenvalue weighted by atomic mass is 10.1. The van der Waals surface area contributed by atoms with Gasteiger partial charge in [-0.3, -0.25) is 0 Å². The molecular formula is C17H20O4. The number of benzene rings is 2. The summed E-state index contributed by atoms with van der Waals surface area (Å²) in [5.74, 6) is 2.44. The summed E-state index contributed by atoms with van der Waals surface area (Å²) in [5.41, 5.74) is 1.06. The molecule has 1 N–H and O–H groups in total. The summed E-state index contributed by atoms with van der Waals surface area (Å²) in [6, 6.07) is 12.6. The van der Waals surface area contributed by atoms with Crippen LogP contribution >= 0.6 is 0 Å². The smallest absolute Gasteiger partial charge is 0.125 e. The highest BCUT2D eigenvalue weighted by Gasteiger charge is 2.06. The van der Waals surface area contributed by atoms with Crippen LogP contribution in [0.3, 0.4) is 0 Å². The number of hydrogen-bond acceptors (Lipinski definition) is 4. The Morgan fingerprint density at radius 3 is 2.52 bits per heavy atom. The molecule has 0 aliphatic rings. The molecular weight excluding hydrogens is 268 g/mol. The minimum atomic E-state index is 0.200. The minimum absolute atomic E-state index is 0.200. The number of ether oxygens (including phenoxy) is 3. The van der Waals surface area contributed by atoms with Gasteiger partial charge in [0.1, 0.15) is 23.0 Å². The van der Waals surface area contributed by atoms with Crippen molar-refractivity contribution in [3.8, 4) is 23.0 Å². The lowest BCUT2D eigenvalue weighted by molar-refractivity contribution is 0.314. The topological polar surface area (TPSA) is 47.9 Å². The lowest BCUT2D eigenvalue weighted by Crippen LogP contribution is -2.03. The number of rotatable bonds is 7. The molecule has 2 aromatic rings. The fourth-order valence-corrected chi connectivity index (χ4v) is 2.04. The van der Waals surface area contributed by atoms with Crippen LogP contribution in [0.1, 0.15) is 12.5 Å². The van der Waals surface area contributed by atoms with Gasteiger partial charge in [0.05, 0.1) is 20.3 Å². The maximum absolute atomic E-state index is 9.38. The zero-order chi connectivity index (χ0) is 15.1. The Kier molecular flexibility index (Phi) is 5.32. The van der Waals surface area contributed by atoms with Gasteiger partial charge in [0, 0.05) is 18.6 Å². The van der Waals surface area contributed by atoms with Crippen LogP contribution < -0.4 is 14.2 Å². The zero-order valence-corrected chi connectivity index (χ0v) is 12.3. The first kappa shape index (κ1) is 15.0. The molecule has 0 atom stereocenters. The molecule has 4 heteroatoms. The highest BCUT2D eigenvalue weighted by atomic mass is 16.5. The quantitative estimate of drug-likeness (QED) is 0.848. The van der Waals surface area contributed by atoms with Crippen molar-refractivity contribution in [3.63, 3.8) is 0 Å². The summed E-state index contributed by atoms with van der Waals surface area (Å²) >= 11 is 0. The standard InChI is InChI=1S/C17H20O4/c1-3-20-16-8-7-13(17(12-16)19-2)9-10-21-15-6-4-5-14(18)11-15/h4-8,11-12,18H,3,9-10H2,1-2H3. The highest BCUT2D eigenvalue weighted by molar-refractivity contribution is 5.41. The van der Waals surface area contributed by atoms with Crippen LogP contribution in [-0.4, -0.2) is 25.4 Å². The highest BCUT2D eigenvalue weighted by Crippen LogP contribution is 2.25. The van der Waals surface area contributed by atoms with Crippen LogP contribution in [-0.2, 0) is 6.42 Å². The summed E-state index contributed by atoms with van der Waals surface area (Å²) < 4.78 is 16.5. The summed E-state index contributed by atoms with van der Waals surface area (Å²) in [7, 11) is 1.64. The van der Waals surface area contributed by atoms with Gasteiger partial charge >= 0.3 is 0 Å². The van der Waals surface area contributed by atoms with Crippen LogP contribution in [0.5, 0.6) is 23.0 Å². The first-order chi connectivity index (χ1) is 10.2. The number of aromatic hydroxyl groups is 1. The molecule has 0 bridgehead atoms. The van der Waals surface area contributed by atoms with Crippen molar-refractivity contribution in [2.75, 3.05) is 20.3 Å². The van der Waals surface area contributed by atoms with E-state index in [2.05, 4.69) is 0 Å². The first-order valence-electron chi connectivity index (χ1n) is 6.94. The molecule has 0 amide bonds. The van der Waals surface area contributed by atoms with Gasteiger partial charge in [0.2, 0.25) is 0 Å². The third kappa shape index (κ3) is 4.31. The summed E-state index contributed by atoms with van der Waals surface area (Å²) in [5, 5.41) is 9.38. The fourth-order valence-electron chi connectivity index (χ4n) is 2.04. The number of hydrogen-bond donors (Lipinski definition) is 1. The molecule has 21 heavy (non-hydrogen) atoms. The molecule has 0 aliphatic heterocycles. The molecule has 4 nitrogen and oxygen atoms in total. The third-order valence-electron chi connectivity index (χ3n) is 3.03. The second kappa shape index (κ2) is 7.43. The van der Waals surface area contributed by atoms with Crippen LogP contribution in [0, 0.1) is 0 Å². The molecule has 0 aliphatic carbocycles. The second-order valence-electron chi connectivity index (χ2n) is 4.50. The van der Waals surface area contributed by atoms with Crippen molar-refractivity contribution in [2.24, 2.45) is 0 Å². The van der Waals surface area contributed by atoms with Gasteiger partial charge in [-0.15, -0.1) is 0 Å². The van der Waals surface area contributed by atoms with E-state index < -0.39 is 0 Å². The number of methoxy groups -OCH3 is 1. The Morgan fingerprint density at radius 2 is 1.81 bits per heavy atom. The van der Waals surface area contributed by atoms with Crippen molar-refractivity contribution >= 4 is 0 Å². The molecule has 0 aromatic heterocycles. The van der Waals surface area contributed by atoms with E-state index in [0.717, 1.165) is 17.1 Å². The molecule has 0 fully saturated rings. The fraction of sp³-hybridized carbons (Fsp3) is 0.294. The van der Waals surface area contributed by atoms with Crippen molar-refractivity contribution in [3.05, 3.63) is 48.0 Å². The van der Waals surface area contributed by atoms with E-state index >= 15 is 0 Å². The SMILES string of the molecule is CCOc1ccc(CCOc2cccc(O)c2)c(OC)c1. The Labute approximate surface area is 124 Å². The minimum Gasteiger partial charge on any atom is -0.508 e. The molecule has 2 aromatic carbocycles. The van der Waals surface area contributed by atoms with Crippen LogP contribution in [0.2, 0.25) is 0 Å². The van der Waals surface area contributed by atoms with Crippen LogP contribution in [0.4, 0.5) is 0 Å². The van der Waals surface area contributed by atoms with Crippen LogP contribution in [0.15, 0.2) is 42.5 Å². The zero-order valence-electron chi connectivity index (χ0n) is 12.3. The molecule has 0 unspecified atom stereocenters. The number of phenols is 1. The van der Waals surface area contributed by atoms with Crippen LogP contribution in [0.25, 0.3) is 0 Å². The van der Waals surface area contributed by atoms with Gasteiger partial charge in [-0.25, -0.2) is 0 Å². The summed E-state index contributed by atoms with van der Waals surface area (Å²) in [6.07, 6.45) is 0.714. The Balaban J connectivity index is 1.96. The average molecular weight is 288 g/mol. The van der Waals surface area contributed by atoms with E-state index in [0.29, 0.717) is 25.4 Å². The van der Waals surface area contributed by atoms with Gasteiger partial charge in [0.15, 0.2) is 0 Å². The first-order valence-corrected chi connectivity index (χ1v) is 6.94. The molecule has 0 heterocycles. The lowest BCUT2D eigenvalue weighted by Gasteiger charge is -2.12. The van der Waals surface area contributed by atoms with Gasteiger partial charge in [0.25, 0.3) is 0 Å². The largest absolute Gasteiger partial charge is 0.508 e. The predicted molar refractivity (Wildman–Crippen MR) is 81.5 cm³/mol. The molecule has 0 saturated carbocycles. The van der Waals surface area contributed by atoms with E-state index in [4.69, 9.17) is 14.2 Å². The van der Waals surface area contributed by atoms with Gasteiger partial charge in [-0.1, -0.05) is 12.1 Å². The Morgan fingerprint density at radius 1 is 1.00 bits per heavy atom. The normalized spacial score (nSPS) is 10.2. The maximum Gasteiger partial charge on any atom is 0.125 e. The van der Waals surface area contributed by atoms with E-state index in [1.54, 1.807) is 25.3 Å². The molecule has 0 radical (unpaired) electrons. The van der Waals surface area contributed by atoms with E-state index in [1.165, 1.54) is 0 Å². The van der Waals surface area contributed by atoms with Crippen molar-refractivity contribution in [2.45, 2.75) is 13.3 Å². The average Bonchev–Trinajstić information content (AvgIpc) is 2.49. The van der Waals surface area contributed by atoms with Gasteiger partial charge in [-0.2, -0.15) is 0 Å².